The average Bonchev–Trinajstić information content (AvgIpc) is 2.50. The van der Waals surface area contributed by atoms with Crippen LogP contribution in [0.5, 0.6) is 11.5 Å². The fourth-order valence-electron chi connectivity index (χ4n) is 2.61. The first-order valence-corrected chi connectivity index (χ1v) is 8.02. The van der Waals surface area contributed by atoms with Gasteiger partial charge in [-0.25, -0.2) is 4.79 Å². The highest BCUT2D eigenvalue weighted by atomic mass is 16.5. The van der Waals surface area contributed by atoms with E-state index in [9.17, 15) is 24.9 Å². The van der Waals surface area contributed by atoms with Gasteiger partial charge in [-0.05, 0) is 44.2 Å². The van der Waals surface area contributed by atoms with Crippen molar-refractivity contribution in [2.45, 2.75) is 51.2 Å². The summed E-state index contributed by atoms with van der Waals surface area (Å²) in [7, 11) is 0. The van der Waals surface area contributed by atoms with Crippen molar-refractivity contribution in [1.82, 2.24) is 0 Å². The van der Waals surface area contributed by atoms with E-state index < -0.39 is 18.2 Å². The Morgan fingerprint density at radius 2 is 1.92 bits per heavy atom. The van der Waals surface area contributed by atoms with Crippen molar-refractivity contribution < 1.29 is 29.6 Å². The van der Waals surface area contributed by atoms with Crippen molar-refractivity contribution in [2.75, 3.05) is 0 Å². The SMILES string of the molecule is C[C@H]1CC[C@@H](O)C(=O)CCCC=Cc2cc(O)cc(O)c2C(=O)O1. The number of carbonyl (C=O) groups is 2. The number of phenols is 2. The Kier molecular flexibility index (Phi) is 5.98. The number of Topliss-reactive ketones (excluding diaryl/α,β-unsaturated/α-hetero) is 1. The molecule has 6 heteroatoms. The minimum atomic E-state index is -1.05. The van der Waals surface area contributed by atoms with Gasteiger partial charge in [0.05, 0.1) is 6.10 Å². The van der Waals surface area contributed by atoms with Gasteiger partial charge in [0.1, 0.15) is 23.2 Å². The first kappa shape index (κ1) is 18.0. The summed E-state index contributed by atoms with van der Waals surface area (Å²) in [6, 6.07) is 2.46. The van der Waals surface area contributed by atoms with Crippen LogP contribution < -0.4 is 0 Å². The predicted molar refractivity (Wildman–Crippen MR) is 87.8 cm³/mol. The third-order valence-corrected chi connectivity index (χ3v) is 3.95. The molecular formula is C18H22O6. The fraction of sp³-hybridized carbons (Fsp3) is 0.444. The van der Waals surface area contributed by atoms with Crippen LogP contribution in [-0.4, -0.2) is 39.3 Å². The average molecular weight is 334 g/mol. The van der Waals surface area contributed by atoms with Crippen LogP contribution in [0.25, 0.3) is 6.08 Å². The molecule has 6 nitrogen and oxygen atoms in total. The van der Waals surface area contributed by atoms with E-state index in [2.05, 4.69) is 0 Å². The van der Waals surface area contributed by atoms with E-state index in [1.54, 1.807) is 19.1 Å². The van der Waals surface area contributed by atoms with Crippen LogP contribution in [0.2, 0.25) is 0 Å². The molecule has 0 radical (unpaired) electrons. The van der Waals surface area contributed by atoms with Crippen molar-refractivity contribution in [2.24, 2.45) is 0 Å². The number of aromatic hydroxyl groups is 2. The molecule has 0 aliphatic carbocycles. The summed E-state index contributed by atoms with van der Waals surface area (Å²) in [4.78, 5) is 24.1. The third-order valence-electron chi connectivity index (χ3n) is 3.95. The number of aliphatic hydroxyl groups excluding tert-OH is 1. The lowest BCUT2D eigenvalue weighted by atomic mass is 10.0. The lowest BCUT2D eigenvalue weighted by Crippen LogP contribution is -2.23. The Bertz CT molecular complexity index is 649. The van der Waals surface area contributed by atoms with Gasteiger partial charge in [0.2, 0.25) is 0 Å². The highest BCUT2D eigenvalue weighted by molar-refractivity contribution is 5.97. The van der Waals surface area contributed by atoms with Crippen LogP contribution in [0, 0.1) is 0 Å². The standard InChI is InChI=1S/C18H22O6/c1-11-7-8-15(21)14(20)6-4-2-3-5-12-9-13(19)10-16(22)17(12)18(23)24-11/h3,5,9-11,15,19,21-22H,2,4,6-8H2,1H3/t11-,15+/m0/s1. The Hall–Kier alpha value is -2.34. The number of benzene rings is 1. The van der Waals surface area contributed by atoms with Gasteiger partial charge in [-0.2, -0.15) is 0 Å². The zero-order chi connectivity index (χ0) is 17.7. The normalized spacial score (nSPS) is 23.2. The number of phenolic OH excluding ortho intramolecular Hbond substituents is 2. The van der Waals surface area contributed by atoms with Crippen LogP contribution in [0.1, 0.15) is 54.9 Å². The first-order valence-electron chi connectivity index (χ1n) is 8.02. The second-order valence-corrected chi connectivity index (χ2v) is 6.00. The van der Waals surface area contributed by atoms with Crippen LogP contribution in [0.4, 0.5) is 0 Å². The molecule has 2 atom stereocenters. The van der Waals surface area contributed by atoms with Crippen molar-refractivity contribution in [3.63, 3.8) is 0 Å². The number of allylic oxidation sites excluding steroid dienone is 1. The number of aliphatic hydroxyl groups is 1. The van der Waals surface area contributed by atoms with Gasteiger partial charge in [-0.15, -0.1) is 0 Å². The molecule has 0 bridgehead atoms. The molecule has 2 rings (SSSR count). The van der Waals surface area contributed by atoms with Crippen molar-refractivity contribution in [3.8, 4) is 11.5 Å². The molecule has 1 aliphatic heterocycles. The summed E-state index contributed by atoms with van der Waals surface area (Å²) >= 11 is 0. The molecule has 0 spiro atoms. The molecular weight excluding hydrogens is 312 g/mol. The minimum absolute atomic E-state index is 0.00964. The maximum atomic E-state index is 12.3. The Labute approximate surface area is 140 Å². The maximum absolute atomic E-state index is 12.3. The van der Waals surface area contributed by atoms with Gasteiger partial charge in [0.25, 0.3) is 0 Å². The molecule has 0 amide bonds. The highest BCUT2D eigenvalue weighted by Crippen LogP contribution is 2.30. The van der Waals surface area contributed by atoms with Crippen LogP contribution >= 0.6 is 0 Å². The topological polar surface area (TPSA) is 104 Å². The lowest BCUT2D eigenvalue weighted by Gasteiger charge is -2.17. The molecule has 130 valence electrons. The van der Waals surface area contributed by atoms with Gasteiger partial charge < -0.3 is 20.1 Å². The van der Waals surface area contributed by atoms with E-state index in [1.807, 2.05) is 0 Å². The molecule has 0 unspecified atom stereocenters. The molecule has 1 aliphatic rings. The monoisotopic (exact) mass is 334 g/mol. The number of hydrogen-bond acceptors (Lipinski definition) is 6. The molecule has 3 N–H and O–H groups in total. The van der Waals surface area contributed by atoms with E-state index in [4.69, 9.17) is 4.74 Å². The maximum Gasteiger partial charge on any atom is 0.342 e. The predicted octanol–water partition coefficient (Wildman–Crippen LogP) is 2.55. The second-order valence-electron chi connectivity index (χ2n) is 6.00. The summed E-state index contributed by atoms with van der Waals surface area (Å²) in [5.41, 5.74) is 0.345. The van der Waals surface area contributed by atoms with E-state index in [0.29, 0.717) is 24.8 Å². The largest absolute Gasteiger partial charge is 0.508 e. The number of ketones is 1. The van der Waals surface area contributed by atoms with Crippen LogP contribution in [0.15, 0.2) is 18.2 Å². The smallest absolute Gasteiger partial charge is 0.342 e. The highest BCUT2D eigenvalue weighted by Gasteiger charge is 2.22. The minimum Gasteiger partial charge on any atom is -0.508 e. The van der Waals surface area contributed by atoms with Crippen LogP contribution in [-0.2, 0) is 9.53 Å². The third kappa shape index (κ3) is 4.58. The summed E-state index contributed by atoms with van der Waals surface area (Å²) in [5.74, 6) is -1.43. The second kappa shape index (κ2) is 7.97. The molecule has 0 fully saturated rings. The number of rotatable bonds is 0. The van der Waals surface area contributed by atoms with Crippen molar-refractivity contribution in [3.05, 3.63) is 29.3 Å². The van der Waals surface area contributed by atoms with Gasteiger partial charge in [-0.3, -0.25) is 4.79 Å². The molecule has 24 heavy (non-hydrogen) atoms. The molecule has 0 saturated heterocycles. The quantitative estimate of drug-likeness (QED) is 0.630. The summed E-state index contributed by atoms with van der Waals surface area (Å²) in [5, 5.41) is 29.4. The molecule has 0 saturated carbocycles. The molecule has 1 aromatic rings. The number of cyclic esters (lactones) is 1. The van der Waals surface area contributed by atoms with Gasteiger partial charge in [0, 0.05) is 12.5 Å². The zero-order valence-electron chi connectivity index (χ0n) is 13.6. The summed E-state index contributed by atoms with van der Waals surface area (Å²) in [6.45, 7) is 1.66. The first-order chi connectivity index (χ1) is 11.4. The van der Waals surface area contributed by atoms with Gasteiger partial charge in [0.15, 0.2) is 5.78 Å². The lowest BCUT2D eigenvalue weighted by molar-refractivity contribution is -0.127. The van der Waals surface area contributed by atoms with Crippen molar-refractivity contribution in [1.29, 1.82) is 0 Å². The zero-order valence-corrected chi connectivity index (χ0v) is 13.6. The number of ether oxygens (including phenoxy) is 1. The van der Waals surface area contributed by atoms with Crippen LogP contribution in [0.3, 0.4) is 0 Å². The molecule has 0 aromatic heterocycles. The van der Waals surface area contributed by atoms with E-state index in [1.165, 1.54) is 6.07 Å². The number of fused-ring (bicyclic) bond motifs is 1. The number of hydrogen-bond donors (Lipinski definition) is 3. The Morgan fingerprint density at radius 3 is 2.67 bits per heavy atom. The Morgan fingerprint density at radius 1 is 1.17 bits per heavy atom. The molecule has 1 heterocycles. The van der Waals surface area contributed by atoms with Gasteiger partial charge >= 0.3 is 5.97 Å². The molecule has 1 aromatic carbocycles. The summed E-state index contributed by atoms with van der Waals surface area (Å²) in [6.07, 6.45) is 3.76. The van der Waals surface area contributed by atoms with E-state index in [-0.39, 0.29) is 35.7 Å². The Balaban J connectivity index is 2.32. The summed E-state index contributed by atoms with van der Waals surface area (Å²) < 4.78 is 5.29. The fourth-order valence-corrected chi connectivity index (χ4v) is 2.61. The van der Waals surface area contributed by atoms with Crippen molar-refractivity contribution >= 4 is 17.8 Å². The van der Waals surface area contributed by atoms with E-state index >= 15 is 0 Å². The number of esters is 1. The number of carbonyl (C=O) groups excluding carboxylic acids is 2. The van der Waals surface area contributed by atoms with Gasteiger partial charge in [-0.1, -0.05) is 12.2 Å². The van der Waals surface area contributed by atoms with E-state index in [0.717, 1.165) is 6.07 Å².